The molecule has 0 aromatic rings. The van der Waals surface area contributed by atoms with E-state index in [4.69, 9.17) is 0 Å². The molecule has 0 saturated heterocycles. The van der Waals surface area contributed by atoms with Crippen LogP contribution < -0.4 is 5.32 Å². The lowest BCUT2D eigenvalue weighted by molar-refractivity contribution is 0.0411. The Labute approximate surface area is 107 Å². The van der Waals surface area contributed by atoms with Gasteiger partial charge in [0.05, 0.1) is 0 Å². The molecular formula is C15H30N2. The molecule has 17 heavy (non-hydrogen) atoms. The van der Waals surface area contributed by atoms with E-state index in [1.807, 2.05) is 0 Å². The third kappa shape index (κ3) is 2.85. The number of rotatable bonds is 5. The van der Waals surface area contributed by atoms with E-state index in [0.29, 0.717) is 11.6 Å². The molecule has 1 N–H and O–H groups in total. The highest BCUT2D eigenvalue weighted by Crippen LogP contribution is 2.42. The second-order valence-corrected chi connectivity index (χ2v) is 6.70. The topological polar surface area (TPSA) is 15.3 Å². The Balaban J connectivity index is 2.07. The molecule has 0 amide bonds. The zero-order valence-corrected chi connectivity index (χ0v) is 12.1. The first-order chi connectivity index (χ1) is 8.08. The first kappa shape index (κ1) is 13.4. The van der Waals surface area contributed by atoms with Crippen LogP contribution >= 0.6 is 0 Å². The molecule has 0 bridgehead atoms. The lowest BCUT2D eigenvalue weighted by Gasteiger charge is -2.50. The second-order valence-electron chi connectivity index (χ2n) is 6.70. The third-order valence-corrected chi connectivity index (χ3v) is 5.29. The van der Waals surface area contributed by atoms with Crippen molar-refractivity contribution in [1.82, 2.24) is 10.2 Å². The zero-order chi connectivity index (χ0) is 12.5. The van der Waals surface area contributed by atoms with E-state index in [-0.39, 0.29) is 0 Å². The number of nitrogens with zero attached hydrogens (tertiary/aromatic N) is 1. The van der Waals surface area contributed by atoms with E-state index in [9.17, 15) is 0 Å². The van der Waals surface area contributed by atoms with Crippen LogP contribution in [0.3, 0.4) is 0 Å². The highest BCUT2D eigenvalue weighted by Gasteiger charge is 2.44. The van der Waals surface area contributed by atoms with Gasteiger partial charge in [0.25, 0.3) is 0 Å². The van der Waals surface area contributed by atoms with Crippen LogP contribution in [0.4, 0.5) is 0 Å². The van der Waals surface area contributed by atoms with Crippen LogP contribution in [0.1, 0.15) is 51.9 Å². The van der Waals surface area contributed by atoms with E-state index >= 15 is 0 Å². The summed E-state index contributed by atoms with van der Waals surface area (Å²) < 4.78 is 0. The second kappa shape index (κ2) is 5.27. The van der Waals surface area contributed by atoms with Gasteiger partial charge in [-0.25, -0.2) is 0 Å². The van der Waals surface area contributed by atoms with Crippen LogP contribution in [-0.2, 0) is 0 Å². The van der Waals surface area contributed by atoms with E-state index < -0.39 is 0 Å². The fourth-order valence-electron chi connectivity index (χ4n) is 3.66. The van der Waals surface area contributed by atoms with Gasteiger partial charge in [0.15, 0.2) is 0 Å². The largest absolute Gasteiger partial charge is 0.315 e. The number of hydrogen-bond donors (Lipinski definition) is 1. The van der Waals surface area contributed by atoms with Gasteiger partial charge in [-0.1, -0.05) is 19.8 Å². The van der Waals surface area contributed by atoms with Gasteiger partial charge in [0.2, 0.25) is 0 Å². The maximum absolute atomic E-state index is 3.64. The predicted octanol–water partition coefficient (Wildman–Crippen LogP) is 2.89. The minimum absolute atomic E-state index is 0.420. The Morgan fingerprint density at radius 3 is 2.18 bits per heavy atom. The Morgan fingerprint density at radius 1 is 1.18 bits per heavy atom. The molecule has 100 valence electrons. The SMILES string of the molecule is CNC(CC1CC1)C1(N(C)C)CCC(C)CC1. The molecule has 2 rings (SSSR count). The summed E-state index contributed by atoms with van der Waals surface area (Å²) in [5.41, 5.74) is 0.420. The molecule has 0 radical (unpaired) electrons. The molecule has 2 aliphatic carbocycles. The third-order valence-electron chi connectivity index (χ3n) is 5.29. The number of likely N-dealkylation sites (N-methyl/N-ethyl adjacent to an activating group) is 2. The van der Waals surface area contributed by atoms with Crippen molar-refractivity contribution in [3.8, 4) is 0 Å². The van der Waals surface area contributed by atoms with Gasteiger partial charge in [-0.3, -0.25) is 0 Å². The van der Waals surface area contributed by atoms with Gasteiger partial charge in [-0.2, -0.15) is 0 Å². The standard InChI is InChI=1S/C15H30N2/c1-12-7-9-15(10-8-12,17(3)4)14(16-2)11-13-5-6-13/h12-14,16H,5-11H2,1-4H3. The van der Waals surface area contributed by atoms with Crippen molar-refractivity contribution in [3.63, 3.8) is 0 Å². The molecular weight excluding hydrogens is 208 g/mol. The average molecular weight is 238 g/mol. The maximum Gasteiger partial charge on any atom is 0.0356 e. The summed E-state index contributed by atoms with van der Waals surface area (Å²) in [7, 11) is 6.73. The fraction of sp³-hybridized carbons (Fsp3) is 1.00. The highest BCUT2D eigenvalue weighted by molar-refractivity contribution is 5.02. The van der Waals surface area contributed by atoms with Crippen molar-refractivity contribution in [3.05, 3.63) is 0 Å². The van der Waals surface area contributed by atoms with Gasteiger partial charge in [0, 0.05) is 11.6 Å². The normalized spacial score (nSPS) is 36.2. The van der Waals surface area contributed by atoms with Gasteiger partial charge >= 0.3 is 0 Å². The lowest BCUT2D eigenvalue weighted by atomic mass is 9.71. The highest BCUT2D eigenvalue weighted by atomic mass is 15.2. The summed E-state index contributed by atoms with van der Waals surface area (Å²) in [4.78, 5) is 2.52. The first-order valence-corrected chi connectivity index (χ1v) is 7.43. The molecule has 2 heteroatoms. The zero-order valence-electron chi connectivity index (χ0n) is 12.1. The minimum atomic E-state index is 0.420. The van der Waals surface area contributed by atoms with E-state index in [0.717, 1.165) is 11.8 Å². The molecule has 0 heterocycles. The Hall–Kier alpha value is -0.0800. The van der Waals surface area contributed by atoms with Gasteiger partial charge in [0.1, 0.15) is 0 Å². The average Bonchev–Trinajstić information content (AvgIpc) is 3.11. The predicted molar refractivity (Wildman–Crippen MR) is 74.2 cm³/mol. The molecule has 0 aromatic heterocycles. The monoisotopic (exact) mass is 238 g/mol. The lowest BCUT2D eigenvalue weighted by Crippen LogP contribution is -2.60. The molecule has 1 atom stereocenters. The Morgan fingerprint density at radius 2 is 1.76 bits per heavy atom. The van der Waals surface area contributed by atoms with Crippen molar-refractivity contribution in [2.45, 2.75) is 63.5 Å². The van der Waals surface area contributed by atoms with Crippen LogP contribution in [0, 0.1) is 11.8 Å². The molecule has 1 unspecified atom stereocenters. The summed E-state index contributed by atoms with van der Waals surface area (Å²) in [6, 6.07) is 0.692. The molecule has 2 saturated carbocycles. The smallest absolute Gasteiger partial charge is 0.0356 e. The number of hydrogen-bond acceptors (Lipinski definition) is 2. The van der Waals surface area contributed by atoms with Gasteiger partial charge < -0.3 is 10.2 Å². The van der Waals surface area contributed by atoms with E-state index in [1.54, 1.807) is 0 Å². The van der Waals surface area contributed by atoms with Gasteiger partial charge in [-0.15, -0.1) is 0 Å². The van der Waals surface area contributed by atoms with Crippen molar-refractivity contribution < 1.29 is 0 Å². The molecule has 2 nitrogen and oxygen atoms in total. The van der Waals surface area contributed by atoms with Crippen LogP contribution in [0.15, 0.2) is 0 Å². The maximum atomic E-state index is 3.64. The summed E-state index contributed by atoms with van der Waals surface area (Å²) in [5.74, 6) is 1.95. The number of nitrogens with one attached hydrogen (secondary N) is 1. The molecule has 2 fully saturated rings. The fourth-order valence-corrected chi connectivity index (χ4v) is 3.66. The summed E-state index contributed by atoms with van der Waals surface area (Å²) in [5, 5.41) is 3.64. The molecule has 0 aromatic carbocycles. The van der Waals surface area contributed by atoms with Crippen LogP contribution in [-0.4, -0.2) is 37.6 Å². The Kier molecular flexibility index (Phi) is 4.14. The molecule has 0 spiro atoms. The Bertz CT molecular complexity index is 237. The van der Waals surface area contributed by atoms with Gasteiger partial charge in [-0.05, 0) is 65.1 Å². The van der Waals surface area contributed by atoms with Crippen LogP contribution in [0.5, 0.6) is 0 Å². The summed E-state index contributed by atoms with van der Waals surface area (Å²) in [6.45, 7) is 2.41. The van der Waals surface area contributed by atoms with Crippen LogP contribution in [0.2, 0.25) is 0 Å². The summed E-state index contributed by atoms with van der Waals surface area (Å²) >= 11 is 0. The van der Waals surface area contributed by atoms with E-state index in [2.05, 4.69) is 38.3 Å². The molecule has 0 aliphatic heterocycles. The molecule has 2 aliphatic rings. The van der Waals surface area contributed by atoms with E-state index in [1.165, 1.54) is 44.9 Å². The van der Waals surface area contributed by atoms with Crippen molar-refractivity contribution in [2.24, 2.45) is 11.8 Å². The van der Waals surface area contributed by atoms with Crippen molar-refractivity contribution >= 4 is 0 Å². The summed E-state index contributed by atoms with van der Waals surface area (Å²) in [6.07, 6.45) is 9.89. The first-order valence-electron chi connectivity index (χ1n) is 7.43. The minimum Gasteiger partial charge on any atom is -0.315 e. The van der Waals surface area contributed by atoms with Crippen molar-refractivity contribution in [2.75, 3.05) is 21.1 Å². The quantitative estimate of drug-likeness (QED) is 0.792. The van der Waals surface area contributed by atoms with Crippen molar-refractivity contribution in [1.29, 1.82) is 0 Å². The van der Waals surface area contributed by atoms with Crippen LogP contribution in [0.25, 0.3) is 0 Å².